The Kier molecular flexibility index (Phi) is 8.31. The molecule has 1 heterocycles. The summed E-state index contributed by atoms with van der Waals surface area (Å²) in [6.07, 6.45) is -8.16. The van der Waals surface area contributed by atoms with Crippen LogP contribution < -0.4 is 10.9 Å². The van der Waals surface area contributed by atoms with Crippen LogP contribution in [0.3, 0.4) is 0 Å². The standard InChI is InChI=1S/C25H19ClF7N3O3/c26-14-3-1-12(17(27)7-14)10-39-15-5-13(6-15)24(38)34-9-11-2-4-16(25(31,32)33)20(21(11)28)23-35-18(22(29)30)8-19(37)36-23/h1-4,7-8,13,15,22H,5-6,9-10H2,(H,34,38)(H,35,36,37)/t13-,15-. The Morgan fingerprint density at radius 1 is 1.13 bits per heavy atom. The van der Waals surface area contributed by atoms with Crippen LogP contribution in [-0.2, 0) is 28.9 Å². The fraction of sp³-hybridized carbons (Fsp3) is 0.320. The minimum atomic E-state index is -5.10. The lowest BCUT2D eigenvalue weighted by Gasteiger charge is -2.34. The Morgan fingerprint density at radius 3 is 2.46 bits per heavy atom. The summed E-state index contributed by atoms with van der Waals surface area (Å²) < 4.78 is 102. The van der Waals surface area contributed by atoms with E-state index in [4.69, 9.17) is 16.3 Å². The topological polar surface area (TPSA) is 84.1 Å². The highest BCUT2D eigenvalue weighted by Crippen LogP contribution is 2.39. The SMILES string of the molecule is O=c1cc(C(F)F)nc(-c2c(C(F)(F)F)ccc(CNC(=O)[C@H]3C[C@H](OCc4ccc(Cl)cc4F)C3)c2F)[nH]1. The summed E-state index contributed by atoms with van der Waals surface area (Å²) >= 11 is 5.70. The maximum Gasteiger partial charge on any atom is 0.417 e. The van der Waals surface area contributed by atoms with Crippen LogP contribution in [0.2, 0.25) is 5.02 Å². The van der Waals surface area contributed by atoms with Gasteiger partial charge in [0.05, 0.1) is 23.8 Å². The van der Waals surface area contributed by atoms with Crippen molar-refractivity contribution in [3.8, 4) is 11.4 Å². The summed E-state index contributed by atoms with van der Waals surface area (Å²) in [6.45, 7) is -0.559. The number of carbonyl (C=O) groups is 1. The third-order valence-corrected chi connectivity index (χ3v) is 6.39. The Balaban J connectivity index is 1.43. The van der Waals surface area contributed by atoms with E-state index >= 15 is 4.39 Å². The summed E-state index contributed by atoms with van der Waals surface area (Å²) in [5.74, 6) is -4.08. The van der Waals surface area contributed by atoms with Gasteiger partial charge >= 0.3 is 6.18 Å². The molecule has 0 saturated heterocycles. The van der Waals surface area contributed by atoms with E-state index in [0.29, 0.717) is 12.1 Å². The Labute approximate surface area is 221 Å². The number of aromatic amines is 1. The van der Waals surface area contributed by atoms with Gasteiger partial charge in [0.1, 0.15) is 23.2 Å². The van der Waals surface area contributed by atoms with E-state index in [0.717, 1.165) is 12.1 Å². The number of H-pyrrole nitrogens is 1. The highest BCUT2D eigenvalue weighted by atomic mass is 35.5. The predicted molar refractivity (Wildman–Crippen MR) is 125 cm³/mol. The quantitative estimate of drug-likeness (QED) is 0.325. The second-order valence-corrected chi connectivity index (χ2v) is 9.27. The van der Waals surface area contributed by atoms with Gasteiger partial charge in [0.15, 0.2) is 0 Å². The van der Waals surface area contributed by atoms with Crippen molar-refractivity contribution in [1.82, 2.24) is 15.3 Å². The number of hydrogen-bond acceptors (Lipinski definition) is 4. The smallest absolute Gasteiger partial charge is 0.373 e. The number of nitrogens with one attached hydrogen (secondary N) is 2. The summed E-state index contributed by atoms with van der Waals surface area (Å²) in [5.41, 5.74) is -5.18. The number of amides is 1. The molecule has 3 aromatic rings. The molecule has 1 aromatic heterocycles. The van der Waals surface area contributed by atoms with Crippen LogP contribution in [-0.4, -0.2) is 22.0 Å². The molecule has 0 atom stereocenters. The lowest BCUT2D eigenvalue weighted by atomic mass is 9.81. The van der Waals surface area contributed by atoms with Gasteiger partial charge in [0.25, 0.3) is 12.0 Å². The Morgan fingerprint density at radius 2 is 1.82 bits per heavy atom. The van der Waals surface area contributed by atoms with E-state index in [1.54, 1.807) is 0 Å². The maximum atomic E-state index is 15.3. The molecule has 2 aromatic carbocycles. The van der Waals surface area contributed by atoms with Gasteiger partial charge in [0.2, 0.25) is 5.91 Å². The van der Waals surface area contributed by atoms with E-state index in [1.165, 1.54) is 12.1 Å². The van der Waals surface area contributed by atoms with Gasteiger partial charge in [-0.1, -0.05) is 23.7 Å². The zero-order chi connectivity index (χ0) is 28.5. The van der Waals surface area contributed by atoms with Crippen LogP contribution in [0.5, 0.6) is 0 Å². The number of nitrogens with zero attached hydrogens (tertiary/aromatic N) is 1. The maximum absolute atomic E-state index is 15.3. The number of halogens is 8. The van der Waals surface area contributed by atoms with Gasteiger partial charge in [-0.25, -0.2) is 22.5 Å². The summed E-state index contributed by atoms with van der Waals surface area (Å²) in [5, 5.41) is 2.66. The predicted octanol–water partition coefficient (Wildman–Crippen LogP) is 5.94. The third-order valence-electron chi connectivity index (χ3n) is 6.16. The first-order valence-corrected chi connectivity index (χ1v) is 11.8. The molecule has 1 fully saturated rings. The average Bonchev–Trinajstić information content (AvgIpc) is 2.82. The first-order valence-electron chi connectivity index (χ1n) is 11.4. The molecule has 0 spiro atoms. The molecule has 4 rings (SSSR count). The van der Waals surface area contributed by atoms with Crippen molar-refractivity contribution in [3.05, 3.63) is 85.8 Å². The normalized spacial score (nSPS) is 17.3. The van der Waals surface area contributed by atoms with Gasteiger partial charge in [-0.15, -0.1) is 0 Å². The average molecular weight is 578 g/mol. The van der Waals surface area contributed by atoms with E-state index in [1.807, 2.05) is 4.98 Å². The molecule has 1 saturated carbocycles. The minimum Gasteiger partial charge on any atom is -0.373 e. The van der Waals surface area contributed by atoms with Crippen molar-refractivity contribution in [2.75, 3.05) is 0 Å². The Bertz CT molecular complexity index is 1440. The molecular formula is C25H19ClF7N3O3. The summed E-state index contributed by atoms with van der Waals surface area (Å²) in [4.78, 5) is 29.4. The molecule has 208 valence electrons. The van der Waals surface area contributed by atoms with Crippen LogP contribution in [0.4, 0.5) is 30.7 Å². The van der Waals surface area contributed by atoms with Gasteiger partial charge in [-0.2, -0.15) is 13.2 Å². The van der Waals surface area contributed by atoms with E-state index in [9.17, 15) is 35.9 Å². The van der Waals surface area contributed by atoms with Gasteiger partial charge < -0.3 is 15.0 Å². The molecule has 0 radical (unpaired) electrons. The molecular weight excluding hydrogens is 559 g/mol. The number of hydrogen-bond donors (Lipinski definition) is 2. The molecule has 1 aliphatic carbocycles. The highest BCUT2D eigenvalue weighted by molar-refractivity contribution is 6.30. The number of benzene rings is 2. The van der Waals surface area contributed by atoms with Crippen molar-refractivity contribution in [2.24, 2.45) is 5.92 Å². The molecule has 1 aliphatic rings. The van der Waals surface area contributed by atoms with Crippen LogP contribution in [0.25, 0.3) is 11.4 Å². The monoisotopic (exact) mass is 577 g/mol. The van der Waals surface area contributed by atoms with E-state index in [2.05, 4.69) is 10.3 Å². The van der Waals surface area contributed by atoms with Gasteiger partial charge in [-0.05, 0) is 31.0 Å². The zero-order valence-corrected chi connectivity index (χ0v) is 20.5. The Hall–Kier alpha value is -3.45. The zero-order valence-electron chi connectivity index (χ0n) is 19.7. The molecule has 0 aliphatic heterocycles. The van der Waals surface area contributed by atoms with E-state index in [-0.39, 0.29) is 41.7 Å². The molecule has 14 heteroatoms. The number of ether oxygens (including phenoxy) is 1. The van der Waals surface area contributed by atoms with Crippen LogP contribution in [0, 0.1) is 17.6 Å². The molecule has 39 heavy (non-hydrogen) atoms. The van der Waals surface area contributed by atoms with Crippen molar-refractivity contribution < 1.29 is 40.3 Å². The van der Waals surface area contributed by atoms with Crippen molar-refractivity contribution in [2.45, 2.75) is 44.7 Å². The van der Waals surface area contributed by atoms with Crippen LogP contribution >= 0.6 is 11.6 Å². The van der Waals surface area contributed by atoms with Crippen LogP contribution in [0.15, 0.2) is 41.2 Å². The minimum absolute atomic E-state index is 0.0373. The second kappa shape index (κ2) is 11.3. The molecule has 6 nitrogen and oxygen atoms in total. The lowest BCUT2D eigenvalue weighted by molar-refractivity contribution is -0.137. The van der Waals surface area contributed by atoms with Gasteiger partial charge in [-0.3, -0.25) is 9.59 Å². The van der Waals surface area contributed by atoms with Crippen molar-refractivity contribution in [3.63, 3.8) is 0 Å². The second-order valence-electron chi connectivity index (χ2n) is 8.83. The third kappa shape index (κ3) is 6.59. The summed E-state index contributed by atoms with van der Waals surface area (Å²) in [7, 11) is 0. The van der Waals surface area contributed by atoms with Gasteiger partial charge in [0, 0.05) is 34.7 Å². The molecule has 2 N–H and O–H groups in total. The van der Waals surface area contributed by atoms with Crippen LogP contribution in [0.1, 0.15) is 41.7 Å². The molecule has 0 unspecified atom stereocenters. The molecule has 1 amide bonds. The van der Waals surface area contributed by atoms with Crippen molar-refractivity contribution in [1.29, 1.82) is 0 Å². The van der Waals surface area contributed by atoms with Crippen molar-refractivity contribution >= 4 is 17.5 Å². The number of aromatic nitrogens is 2. The first-order chi connectivity index (χ1) is 18.3. The largest absolute Gasteiger partial charge is 0.417 e. The fourth-order valence-electron chi connectivity index (χ4n) is 4.02. The number of alkyl halides is 5. The molecule has 0 bridgehead atoms. The fourth-order valence-corrected chi connectivity index (χ4v) is 4.18. The summed E-state index contributed by atoms with van der Waals surface area (Å²) in [6, 6.07) is 5.83. The first kappa shape index (κ1) is 28.6. The van der Waals surface area contributed by atoms with E-state index < -0.39 is 70.8 Å². The number of carbonyl (C=O) groups excluding carboxylic acids is 1. The highest BCUT2D eigenvalue weighted by Gasteiger charge is 2.38. The lowest BCUT2D eigenvalue weighted by Crippen LogP contribution is -2.42. The number of rotatable bonds is 8.